The summed E-state index contributed by atoms with van der Waals surface area (Å²) in [5.41, 5.74) is 2.74. The zero-order valence-electron chi connectivity index (χ0n) is 8.61. The summed E-state index contributed by atoms with van der Waals surface area (Å²) in [7, 11) is 0. The Hall–Kier alpha value is -1.74. The van der Waals surface area contributed by atoms with Crippen molar-refractivity contribution in [1.82, 2.24) is 15.0 Å². The Kier molecular flexibility index (Phi) is 2.01. The molecule has 0 aliphatic rings. The number of rotatable bonds is 0. The third kappa shape index (κ3) is 1.41. The molecule has 4 heteroatoms. The maximum atomic E-state index is 5.75. The van der Waals surface area contributed by atoms with E-state index in [0.29, 0.717) is 5.65 Å². The number of para-hydroxylation sites is 1. The first-order valence-electron chi connectivity index (χ1n) is 4.93. The number of pyridine rings is 1. The van der Waals surface area contributed by atoms with Gasteiger partial charge in [0, 0.05) is 17.0 Å². The van der Waals surface area contributed by atoms with Crippen LogP contribution in [0.1, 0.15) is 5.56 Å². The van der Waals surface area contributed by atoms with Crippen LogP contribution in [0, 0.1) is 6.92 Å². The molecule has 3 rings (SSSR count). The zero-order valence-corrected chi connectivity index (χ0v) is 9.36. The highest BCUT2D eigenvalue weighted by atomic mass is 35.5. The fourth-order valence-electron chi connectivity index (χ4n) is 1.78. The molecule has 2 heterocycles. The summed E-state index contributed by atoms with van der Waals surface area (Å²) in [6.45, 7) is 2.03. The van der Waals surface area contributed by atoms with Gasteiger partial charge in [0.2, 0.25) is 5.28 Å². The van der Waals surface area contributed by atoms with Crippen molar-refractivity contribution in [2.45, 2.75) is 6.92 Å². The average Bonchev–Trinajstić information content (AvgIpc) is 2.28. The van der Waals surface area contributed by atoms with Gasteiger partial charge in [0.25, 0.3) is 0 Å². The number of benzene rings is 1. The molecule has 0 aliphatic heterocycles. The fourth-order valence-corrected chi connectivity index (χ4v) is 1.91. The van der Waals surface area contributed by atoms with E-state index in [1.165, 1.54) is 0 Å². The molecule has 0 saturated carbocycles. The Labute approximate surface area is 97.1 Å². The van der Waals surface area contributed by atoms with Gasteiger partial charge in [-0.25, -0.2) is 9.97 Å². The van der Waals surface area contributed by atoms with E-state index in [2.05, 4.69) is 15.0 Å². The monoisotopic (exact) mass is 229 g/mol. The number of halogens is 1. The molecule has 0 fully saturated rings. The molecule has 0 bridgehead atoms. The molecule has 0 aliphatic carbocycles. The fraction of sp³-hybridized carbons (Fsp3) is 0.0833. The van der Waals surface area contributed by atoms with E-state index in [4.69, 9.17) is 11.6 Å². The van der Waals surface area contributed by atoms with Crippen molar-refractivity contribution >= 4 is 33.5 Å². The molecule has 1 aromatic carbocycles. The van der Waals surface area contributed by atoms with Gasteiger partial charge in [0.15, 0.2) is 5.65 Å². The zero-order chi connectivity index (χ0) is 11.1. The second-order valence-corrected chi connectivity index (χ2v) is 4.02. The van der Waals surface area contributed by atoms with Gasteiger partial charge >= 0.3 is 0 Å². The lowest BCUT2D eigenvalue weighted by Crippen LogP contribution is -1.90. The Bertz CT molecular complexity index is 694. The molecule has 0 N–H and O–H groups in total. The van der Waals surface area contributed by atoms with E-state index < -0.39 is 0 Å². The van der Waals surface area contributed by atoms with Crippen molar-refractivity contribution in [1.29, 1.82) is 0 Å². The first kappa shape index (κ1) is 9.48. The van der Waals surface area contributed by atoms with E-state index in [-0.39, 0.29) is 5.28 Å². The SMILES string of the molecule is Cc1cccc2cc3cnc(Cl)nc3nc12. The summed E-state index contributed by atoms with van der Waals surface area (Å²) in [6.07, 6.45) is 1.69. The van der Waals surface area contributed by atoms with Gasteiger partial charge in [0.1, 0.15) is 0 Å². The number of hydrogen-bond donors (Lipinski definition) is 0. The van der Waals surface area contributed by atoms with Gasteiger partial charge in [-0.3, -0.25) is 0 Å². The number of fused-ring (bicyclic) bond motifs is 2. The Morgan fingerprint density at radius 2 is 2.00 bits per heavy atom. The van der Waals surface area contributed by atoms with E-state index in [1.807, 2.05) is 31.2 Å². The van der Waals surface area contributed by atoms with Gasteiger partial charge in [-0.2, -0.15) is 4.98 Å². The van der Waals surface area contributed by atoms with Crippen LogP contribution >= 0.6 is 11.6 Å². The molecule has 0 amide bonds. The molecular formula is C12H8ClN3. The maximum Gasteiger partial charge on any atom is 0.224 e. The summed E-state index contributed by atoms with van der Waals surface area (Å²) < 4.78 is 0. The molecule has 0 saturated heterocycles. The van der Waals surface area contributed by atoms with Crippen molar-refractivity contribution in [3.05, 3.63) is 41.3 Å². The first-order chi connectivity index (χ1) is 7.74. The minimum atomic E-state index is 0.230. The van der Waals surface area contributed by atoms with Crippen LogP contribution in [0.15, 0.2) is 30.5 Å². The molecule has 16 heavy (non-hydrogen) atoms. The quantitative estimate of drug-likeness (QED) is 0.439. The van der Waals surface area contributed by atoms with Crippen LogP contribution in [0.25, 0.3) is 21.9 Å². The van der Waals surface area contributed by atoms with Gasteiger partial charge in [-0.1, -0.05) is 18.2 Å². The van der Waals surface area contributed by atoms with E-state index in [0.717, 1.165) is 21.9 Å². The third-order valence-electron chi connectivity index (χ3n) is 2.56. The summed E-state index contributed by atoms with van der Waals surface area (Å²) in [5, 5.41) is 2.23. The lowest BCUT2D eigenvalue weighted by molar-refractivity contribution is 1.19. The standard InChI is InChI=1S/C12H8ClN3/c1-7-3-2-4-8-5-9-6-14-12(13)16-11(9)15-10(7)8/h2-6H,1H3. The van der Waals surface area contributed by atoms with Crippen LogP contribution in [0.2, 0.25) is 5.28 Å². The van der Waals surface area contributed by atoms with Crippen LogP contribution in [-0.4, -0.2) is 15.0 Å². The summed E-state index contributed by atoms with van der Waals surface area (Å²) >= 11 is 5.75. The Morgan fingerprint density at radius 1 is 1.12 bits per heavy atom. The second-order valence-electron chi connectivity index (χ2n) is 3.69. The van der Waals surface area contributed by atoms with Crippen molar-refractivity contribution < 1.29 is 0 Å². The molecule has 3 nitrogen and oxygen atoms in total. The highest BCUT2D eigenvalue weighted by Gasteiger charge is 2.03. The Morgan fingerprint density at radius 3 is 2.88 bits per heavy atom. The number of aromatic nitrogens is 3. The van der Waals surface area contributed by atoms with Crippen molar-refractivity contribution in [3.8, 4) is 0 Å². The molecule has 3 aromatic rings. The largest absolute Gasteiger partial charge is 0.228 e. The summed E-state index contributed by atoms with van der Waals surface area (Å²) in [5.74, 6) is 0. The highest BCUT2D eigenvalue weighted by molar-refractivity contribution is 6.28. The van der Waals surface area contributed by atoms with Crippen molar-refractivity contribution in [2.24, 2.45) is 0 Å². The van der Waals surface area contributed by atoms with Crippen molar-refractivity contribution in [2.75, 3.05) is 0 Å². The van der Waals surface area contributed by atoms with Crippen LogP contribution in [0.5, 0.6) is 0 Å². The number of nitrogens with zero attached hydrogens (tertiary/aromatic N) is 3. The smallest absolute Gasteiger partial charge is 0.224 e. The average molecular weight is 230 g/mol. The predicted octanol–water partition coefficient (Wildman–Crippen LogP) is 3.14. The predicted molar refractivity (Wildman–Crippen MR) is 64.6 cm³/mol. The molecular weight excluding hydrogens is 222 g/mol. The molecule has 78 valence electrons. The van der Waals surface area contributed by atoms with E-state index in [9.17, 15) is 0 Å². The van der Waals surface area contributed by atoms with Crippen LogP contribution < -0.4 is 0 Å². The van der Waals surface area contributed by atoms with E-state index >= 15 is 0 Å². The summed E-state index contributed by atoms with van der Waals surface area (Å²) in [6, 6.07) is 8.11. The first-order valence-corrected chi connectivity index (χ1v) is 5.30. The third-order valence-corrected chi connectivity index (χ3v) is 2.75. The van der Waals surface area contributed by atoms with Gasteiger partial charge in [0.05, 0.1) is 5.52 Å². The van der Waals surface area contributed by atoms with E-state index in [1.54, 1.807) is 6.20 Å². The molecule has 0 spiro atoms. The molecule has 2 aromatic heterocycles. The molecule has 0 radical (unpaired) electrons. The minimum Gasteiger partial charge on any atom is -0.228 e. The number of aryl methyl sites for hydroxylation is 1. The normalized spacial score (nSPS) is 11.1. The lowest BCUT2D eigenvalue weighted by atomic mass is 10.1. The minimum absolute atomic E-state index is 0.230. The van der Waals surface area contributed by atoms with Gasteiger partial charge < -0.3 is 0 Å². The van der Waals surface area contributed by atoms with Gasteiger partial charge in [-0.05, 0) is 30.2 Å². The second kappa shape index (κ2) is 3.39. The van der Waals surface area contributed by atoms with Crippen molar-refractivity contribution in [3.63, 3.8) is 0 Å². The molecule has 0 unspecified atom stereocenters. The topological polar surface area (TPSA) is 38.7 Å². The molecule has 0 atom stereocenters. The van der Waals surface area contributed by atoms with Crippen LogP contribution in [0.3, 0.4) is 0 Å². The van der Waals surface area contributed by atoms with Crippen LogP contribution in [0.4, 0.5) is 0 Å². The summed E-state index contributed by atoms with van der Waals surface area (Å²) in [4.78, 5) is 12.6. The highest BCUT2D eigenvalue weighted by Crippen LogP contribution is 2.20. The Balaban J connectivity index is 2.49. The van der Waals surface area contributed by atoms with Gasteiger partial charge in [-0.15, -0.1) is 0 Å². The maximum absolute atomic E-state index is 5.75. The lowest BCUT2D eigenvalue weighted by Gasteiger charge is -2.03. The number of hydrogen-bond acceptors (Lipinski definition) is 3. The van der Waals surface area contributed by atoms with Crippen LogP contribution in [-0.2, 0) is 0 Å².